The Labute approximate surface area is 103 Å². The molecule has 2 N–H and O–H groups in total. The molecule has 4 nitrogen and oxygen atoms in total. The van der Waals surface area contributed by atoms with Crippen molar-refractivity contribution in [2.45, 2.75) is 13.5 Å². The molecule has 0 amide bonds. The van der Waals surface area contributed by atoms with Gasteiger partial charge in [-0.1, -0.05) is 0 Å². The van der Waals surface area contributed by atoms with Gasteiger partial charge in [-0.2, -0.15) is 0 Å². The molecular weight excluding hydrogens is 233 g/mol. The van der Waals surface area contributed by atoms with Gasteiger partial charge >= 0.3 is 0 Å². The van der Waals surface area contributed by atoms with Crippen LogP contribution in [0.25, 0.3) is 11.0 Å². The van der Waals surface area contributed by atoms with Crippen molar-refractivity contribution >= 4 is 17.0 Å². The predicted octanol–water partition coefficient (Wildman–Crippen LogP) is 2.71. The Morgan fingerprint density at radius 1 is 1.44 bits per heavy atom. The van der Waals surface area contributed by atoms with E-state index in [4.69, 9.17) is 10.2 Å². The van der Waals surface area contributed by atoms with Gasteiger partial charge in [0.25, 0.3) is 0 Å². The third kappa shape index (κ3) is 1.64. The van der Waals surface area contributed by atoms with Crippen molar-refractivity contribution in [1.29, 1.82) is 0 Å². The second-order valence-electron chi connectivity index (χ2n) is 4.23. The highest BCUT2D eigenvalue weighted by Crippen LogP contribution is 2.22. The Bertz CT molecular complexity index is 701. The number of aromatic nitrogens is 2. The van der Waals surface area contributed by atoms with Gasteiger partial charge in [0, 0.05) is 6.07 Å². The van der Waals surface area contributed by atoms with Crippen molar-refractivity contribution < 1.29 is 8.81 Å². The molecule has 2 aromatic heterocycles. The minimum atomic E-state index is -0.273. The lowest BCUT2D eigenvalue weighted by Gasteiger charge is -2.04. The van der Waals surface area contributed by atoms with Gasteiger partial charge in [0.1, 0.15) is 11.6 Å². The number of nitrogens with two attached hydrogens (primary N) is 1. The minimum absolute atomic E-state index is 0.273. The molecular formula is C13H12FN3O. The van der Waals surface area contributed by atoms with E-state index in [1.807, 2.05) is 12.1 Å². The zero-order valence-electron chi connectivity index (χ0n) is 9.85. The lowest BCUT2D eigenvalue weighted by molar-refractivity contribution is 0.497. The minimum Gasteiger partial charge on any atom is -0.467 e. The van der Waals surface area contributed by atoms with E-state index < -0.39 is 0 Å². The molecule has 2 heterocycles. The summed E-state index contributed by atoms with van der Waals surface area (Å²) in [6.45, 7) is 2.20. The first-order valence-electron chi connectivity index (χ1n) is 5.59. The maximum absolute atomic E-state index is 13.5. The first kappa shape index (κ1) is 10.8. The molecule has 0 aliphatic rings. The number of hydrogen-bond acceptors (Lipinski definition) is 3. The number of hydrogen-bond donors (Lipinski definition) is 1. The quantitative estimate of drug-likeness (QED) is 0.755. The highest BCUT2D eigenvalue weighted by molar-refractivity contribution is 5.79. The normalized spacial score (nSPS) is 11.2. The zero-order chi connectivity index (χ0) is 12.7. The summed E-state index contributed by atoms with van der Waals surface area (Å²) in [6.07, 6.45) is 1.61. The van der Waals surface area contributed by atoms with Crippen LogP contribution in [0.3, 0.4) is 0 Å². The van der Waals surface area contributed by atoms with E-state index in [9.17, 15) is 4.39 Å². The van der Waals surface area contributed by atoms with E-state index >= 15 is 0 Å². The number of fused-ring (bicyclic) bond motifs is 1. The Hall–Kier alpha value is -2.30. The average molecular weight is 245 g/mol. The molecule has 0 atom stereocenters. The van der Waals surface area contributed by atoms with E-state index in [0.717, 1.165) is 11.3 Å². The van der Waals surface area contributed by atoms with Gasteiger partial charge in [-0.3, -0.25) is 0 Å². The maximum atomic E-state index is 13.5. The number of rotatable bonds is 2. The van der Waals surface area contributed by atoms with Crippen LogP contribution in [0.15, 0.2) is 34.9 Å². The summed E-state index contributed by atoms with van der Waals surface area (Å²) in [4.78, 5) is 4.15. The van der Waals surface area contributed by atoms with Crippen LogP contribution in [0.4, 0.5) is 10.3 Å². The zero-order valence-corrected chi connectivity index (χ0v) is 9.85. The van der Waals surface area contributed by atoms with Crippen molar-refractivity contribution in [3.05, 3.63) is 47.7 Å². The van der Waals surface area contributed by atoms with Gasteiger partial charge in [-0.15, -0.1) is 0 Å². The standard InChI is InChI=1S/C13H12FN3O/c1-8-5-12-11(6-10(8)14)16-13(15)17(12)7-9-3-2-4-18-9/h2-6H,7H2,1H3,(H2,15,16). The maximum Gasteiger partial charge on any atom is 0.201 e. The van der Waals surface area contributed by atoms with Gasteiger partial charge < -0.3 is 14.7 Å². The number of furan rings is 1. The molecule has 0 saturated carbocycles. The van der Waals surface area contributed by atoms with E-state index in [1.54, 1.807) is 23.8 Å². The molecule has 0 radical (unpaired) electrons. The monoisotopic (exact) mass is 245 g/mol. The van der Waals surface area contributed by atoms with Crippen LogP contribution >= 0.6 is 0 Å². The Balaban J connectivity index is 2.16. The third-order valence-corrected chi connectivity index (χ3v) is 2.95. The Morgan fingerprint density at radius 2 is 2.28 bits per heavy atom. The van der Waals surface area contributed by atoms with E-state index in [-0.39, 0.29) is 5.82 Å². The van der Waals surface area contributed by atoms with Crippen LogP contribution in [-0.4, -0.2) is 9.55 Å². The molecule has 0 aliphatic carbocycles. The predicted molar refractivity (Wildman–Crippen MR) is 66.7 cm³/mol. The molecule has 92 valence electrons. The number of anilines is 1. The van der Waals surface area contributed by atoms with Gasteiger partial charge in [-0.05, 0) is 30.7 Å². The van der Waals surface area contributed by atoms with E-state index in [1.165, 1.54) is 6.07 Å². The summed E-state index contributed by atoms with van der Waals surface area (Å²) >= 11 is 0. The summed E-state index contributed by atoms with van der Waals surface area (Å²) in [7, 11) is 0. The lowest BCUT2D eigenvalue weighted by Crippen LogP contribution is -2.03. The molecule has 0 aliphatic heterocycles. The SMILES string of the molecule is Cc1cc2c(cc1F)nc(N)n2Cc1ccco1. The van der Waals surface area contributed by atoms with Crippen molar-refractivity contribution in [1.82, 2.24) is 9.55 Å². The summed E-state index contributed by atoms with van der Waals surface area (Å²) in [6, 6.07) is 6.83. The highest BCUT2D eigenvalue weighted by atomic mass is 19.1. The molecule has 0 bridgehead atoms. The first-order chi connectivity index (χ1) is 8.65. The van der Waals surface area contributed by atoms with Crippen LogP contribution in [-0.2, 0) is 6.54 Å². The summed E-state index contributed by atoms with van der Waals surface area (Å²) in [5.74, 6) is 0.861. The van der Waals surface area contributed by atoms with Crippen LogP contribution in [0.5, 0.6) is 0 Å². The van der Waals surface area contributed by atoms with Crippen LogP contribution in [0.2, 0.25) is 0 Å². The topological polar surface area (TPSA) is 57.0 Å². The van der Waals surface area contributed by atoms with Gasteiger partial charge in [0.05, 0.1) is 23.8 Å². The third-order valence-electron chi connectivity index (χ3n) is 2.95. The number of aryl methyl sites for hydroxylation is 1. The molecule has 0 fully saturated rings. The number of benzene rings is 1. The fourth-order valence-corrected chi connectivity index (χ4v) is 1.99. The van der Waals surface area contributed by atoms with Gasteiger partial charge in [-0.25, -0.2) is 9.37 Å². The number of nitrogens with zero attached hydrogens (tertiary/aromatic N) is 2. The Morgan fingerprint density at radius 3 is 3.00 bits per heavy atom. The molecule has 5 heteroatoms. The van der Waals surface area contributed by atoms with E-state index in [2.05, 4.69) is 4.98 Å². The average Bonchev–Trinajstić information content (AvgIpc) is 2.92. The fourth-order valence-electron chi connectivity index (χ4n) is 1.99. The van der Waals surface area contributed by atoms with Crippen molar-refractivity contribution in [3.8, 4) is 0 Å². The van der Waals surface area contributed by atoms with Gasteiger partial charge in [0.2, 0.25) is 5.95 Å². The first-order valence-corrected chi connectivity index (χ1v) is 5.59. The smallest absolute Gasteiger partial charge is 0.201 e. The summed E-state index contributed by atoms with van der Waals surface area (Å²) in [5.41, 5.74) is 7.80. The number of imidazole rings is 1. The van der Waals surface area contributed by atoms with Crippen molar-refractivity contribution in [3.63, 3.8) is 0 Å². The summed E-state index contributed by atoms with van der Waals surface area (Å²) in [5, 5.41) is 0. The highest BCUT2D eigenvalue weighted by Gasteiger charge is 2.12. The van der Waals surface area contributed by atoms with E-state index in [0.29, 0.717) is 23.6 Å². The molecule has 0 unspecified atom stereocenters. The summed E-state index contributed by atoms with van der Waals surface area (Å²) < 4.78 is 20.6. The van der Waals surface area contributed by atoms with Crippen molar-refractivity contribution in [2.24, 2.45) is 0 Å². The molecule has 3 rings (SSSR count). The van der Waals surface area contributed by atoms with Crippen LogP contribution < -0.4 is 5.73 Å². The number of nitrogen functional groups attached to an aromatic ring is 1. The van der Waals surface area contributed by atoms with Crippen molar-refractivity contribution in [2.75, 3.05) is 5.73 Å². The fraction of sp³-hybridized carbons (Fsp3) is 0.154. The van der Waals surface area contributed by atoms with Crippen LogP contribution in [0.1, 0.15) is 11.3 Å². The molecule has 0 saturated heterocycles. The van der Waals surface area contributed by atoms with Gasteiger partial charge in [0.15, 0.2) is 0 Å². The second-order valence-corrected chi connectivity index (χ2v) is 4.23. The molecule has 0 spiro atoms. The molecule has 18 heavy (non-hydrogen) atoms. The van der Waals surface area contributed by atoms with Crippen LogP contribution in [0, 0.1) is 12.7 Å². The molecule has 1 aromatic carbocycles. The Kier molecular flexibility index (Phi) is 2.33. The largest absolute Gasteiger partial charge is 0.467 e. The number of halogens is 1. The second kappa shape index (κ2) is 3.87. The molecule has 3 aromatic rings. The lowest BCUT2D eigenvalue weighted by atomic mass is 10.2.